The van der Waals surface area contributed by atoms with Crippen molar-refractivity contribution in [1.29, 1.82) is 0 Å². The van der Waals surface area contributed by atoms with Gasteiger partial charge in [-0.3, -0.25) is 19.3 Å². The number of ether oxygens (including phenoxy) is 3. The van der Waals surface area contributed by atoms with Gasteiger partial charge in [-0.05, 0) is 61.0 Å². The second kappa shape index (κ2) is 15.9. The highest BCUT2D eigenvalue weighted by Gasteiger charge is 2.16. The number of carbonyl (C=O) groups is 3. The van der Waals surface area contributed by atoms with Gasteiger partial charge < -0.3 is 19.3 Å². The highest BCUT2D eigenvalue weighted by Crippen LogP contribution is 2.28. The Morgan fingerprint density at radius 2 is 1.31 bits per heavy atom. The molecule has 0 bridgehead atoms. The van der Waals surface area contributed by atoms with Gasteiger partial charge in [0.1, 0.15) is 0 Å². The van der Waals surface area contributed by atoms with Crippen LogP contribution in [-0.2, 0) is 23.8 Å². The number of benzene rings is 2. The van der Waals surface area contributed by atoms with Gasteiger partial charge >= 0.3 is 5.97 Å². The number of carbonyl (C=O) groups excluding carboxylic acids is 2. The molecule has 2 rings (SSSR count). The lowest BCUT2D eigenvalue weighted by Gasteiger charge is -2.22. The summed E-state index contributed by atoms with van der Waals surface area (Å²) in [6.07, 6.45) is 2.16. The van der Waals surface area contributed by atoms with Crippen LogP contribution in [0.1, 0.15) is 29.6 Å². The molecule has 0 heterocycles. The summed E-state index contributed by atoms with van der Waals surface area (Å²) in [5.74, 6) is -1.16. The van der Waals surface area contributed by atoms with E-state index < -0.39 is 5.97 Å². The zero-order valence-electron chi connectivity index (χ0n) is 19.5. The maximum atomic E-state index is 12.5. The minimum atomic E-state index is -0.891. The lowest BCUT2D eigenvalue weighted by molar-refractivity contribution is -0.138. The molecule has 0 aromatic heterocycles. The topological polar surface area (TPSA) is 102 Å². The monoisotopic (exact) mass is 547 g/mol. The van der Waals surface area contributed by atoms with E-state index in [9.17, 15) is 14.4 Å². The normalized spacial score (nSPS) is 10.7. The van der Waals surface area contributed by atoms with E-state index in [0.29, 0.717) is 62.8 Å². The molecule has 2 aromatic carbocycles. The number of nitrogens with zero attached hydrogens (tertiary/aromatic N) is 1. The molecule has 188 valence electrons. The Labute approximate surface area is 213 Å². The third kappa shape index (κ3) is 10.5. The minimum absolute atomic E-state index is 0.000138. The van der Waals surface area contributed by atoms with Crippen molar-refractivity contribution in [2.24, 2.45) is 0 Å². The van der Waals surface area contributed by atoms with Gasteiger partial charge in [0, 0.05) is 34.4 Å². The number of hydrogen-bond acceptors (Lipinski definition) is 6. The molecule has 0 atom stereocenters. The first-order valence-electron chi connectivity index (χ1n) is 11.2. The Morgan fingerprint density at radius 3 is 1.86 bits per heavy atom. The van der Waals surface area contributed by atoms with E-state index in [2.05, 4.69) is 22.5 Å². The molecule has 0 saturated carbocycles. The predicted octanol–water partition coefficient (Wildman–Crippen LogP) is 4.79. The molecule has 0 aliphatic heterocycles. The van der Waals surface area contributed by atoms with Gasteiger partial charge in [0.05, 0.1) is 39.5 Å². The first kappa shape index (κ1) is 28.4. The summed E-state index contributed by atoms with van der Waals surface area (Å²) in [6.45, 7) is 5.70. The molecule has 0 fully saturated rings. The Morgan fingerprint density at radius 1 is 0.800 bits per heavy atom. The van der Waals surface area contributed by atoms with Crippen molar-refractivity contribution in [3.8, 4) is 0 Å². The maximum Gasteiger partial charge on any atom is 0.305 e. The fourth-order valence-electron chi connectivity index (χ4n) is 3.06. The number of anilines is 2. The maximum absolute atomic E-state index is 12.5. The average molecular weight is 548 g/mol. The molecule has 8 nitrogen and oxygen atoms in total. The van der Waals surface area contributed by atoms with Gasteiger partial charge in [0.25, 0.3) is 5.91 Å². The number of ketones is 1. The highest BCUT2D eigenvalue weighted by atomic mass is 79.9. The fourth-order valence-corrected chi connectivity index (χ4v) is 3.33. The Balaban J connectivity index is 1.70. The summed E-state index contributed by atoms with van der Waals surface area (Å²) in [7, 11) is 0. The molecule has 0 unspecified atom stereocenters. The van der Waals surface area contributed by atoms with E-state index in [4.69, 9.17) is 19.3 Å². The number of Topliss-reactive ketones (excluding diaryl/α,β-unsaturated/α-hetero) is 1. The van der Waals surface area contributed by atoms with E-state index in [1.807, 2.05) is 24.3 Å². The Kier molecular flexibility index (Phi) is 12.9. The van der Waals surface area contributed by atoms with Crippen LogP contribution in [0.4, 0.5) is 11.4 Å². The molecule has 9 heteroatoms. The molecular weight excluding hydrogens is 518 g/mol. The van der Waals surface area contributed by atoms with Crippen LogP contribution in [0.5, 0.6) is 0 Å². The van der Waals surface area contributed by atoms with Crippen LogP contribution in [0, 0.1) is 0 Å². The molecule has 2 aromatic rings. The second-order valence-electron chi connectivity index (χ2n) is 7.41. The van der Waals surface area contributed by atoms with Gasteiger partial charge in [-0.25, -0.2) is 0 Å². The number of aliphatic carboxylic acids is 1. The Hall–Kier alpha value is -2.85. The zero-order valence-corrected chi connectivity index (χ0v) is 21.1. The van der Waals surface area contributed by atoms with Crippen molar-refractivity contribution < 1.29 is 33.7 Å². The molecule has 0 spiro atoms. The number of carboxylic acid groups (broad SMARTS) is 1. The molecule has 0 radical (unpaired) electrons. The largest absolute Gasteiger partial charge is 0.481 e. The molecular formula is C26H30BrNO7. The van der Waals surface area contributed by atoms with Crippen LogP contribution in [0.2, 0.25) is 0 Å². The summed E-state index contributed by atoms with van der Waals surface area (Å²) >= 11 is 3.39. The lowest BCUT2D eigenvalue weighted by atomic mass is 10.1. The lowest BCUT2D eigenvalue weighted by Crippen LogP contribution is -2.23. The third-order valence-corrected chi connectivity index (χ3v) is 5.35. The van der Waals surface area contributed by atoms with E-state index in [0.717, 1.165) is 4.47 Å². The summed E-state index contributed by atoms with van der Waals surface area (Å²) in [4.78, 5) is 36.8. The number of carboxylic acids is 1. The van der Waals surface area contributed by atoms with Crippen molar-refractivity contribution >= 4 is 45.0 Å². The van der Waals surface area contributed by atoms with Crippen LogP contribution in [0.3, 0.4) is 0 Å². The number of amides is 1. The molecule has 0 aliphatic rings. The van der Waals surface area contributed by atoms with Crippen LogP contribution in [0.15, 0.2) is 65.7 Å². The molecule has 0 saturated heterocycles. The first-order valence-corrected chi connectivity index (χ1v) is 12.0. The van der Waals surface area contributed by atoms with E-state index in [1.54, 1.807) is 24.3 Å². The van der Waals surface area contributed by atoms with Crippen molar-refractivity contribution in [2.45, 2.75) is 19.3 Å². The van der Waals surface area contributed by atoms with Crippen LogP contribution in [-0.4, -0.2) is 62.4 Å². The van der Waals surface area contributed by atoms with E-state index >= 15 is 0 Å². The Bertz CT molecular complexity index is 961. The van der Waals surface area contributed by atoms with E-state index in [1.165, 1.54) is 11.0 Å². The smallest absolute Gasteiger partial charge is 0.305 e. The minimum Gasteiger partial charge on any atom is -0.481 e. The average Bonchev–Trinajstić information content (AvgIpc) is 2.86. The van der Waals surface area contributed by atoms with Gasteiger partial charge in [-0.15, -0.1) is 0 Å². The summed E-state index contributed by atoms with van der Waals surface area (Å²) < 4.78 is 16.8. The van der Waals surface area contributed by atoms with E-state index in [-0.39, 0.29) is 24.7 Å². The SMILES string of the molecule is C=CC(=O)N(c1ccc(Br)cc1)c1ccc(C(=O)CCCOCCOCCOCCC(=O)O)cc1. The standard InChI is InChI=1S/C26H30BrNO7/c1-2-25(30)28(23-11-7-21(27)8-12-23)22-9-5-20(6-10-22)24(29)4-3-14-33-16-18-35-19-17-34-15-13-26(31)32/h2,5-12H,1,3-4,13-19H2,(H,31,32). The van der Waals surface area contributed by atoms with Crippen molar-refractivity contribution in [3.63, 3.8) is 0 Å². The van der Waals surface area contributed by atoms with Crippen molar-refractivity contribution in [2.75, 3.05) is 44.5 Å². The van der Waals surface area contributed by atoms with Gasteiger partial charge in [0.2, 0.25) is 0 Å². The van der Waals surface area contributed by atoms with Crippen LogP contribution >= 0.6 is 15.9 Å². The molecule has 35 heavy (non-hydrogen) atoms. The molecule has 1 N–H and O–H groups in total. The van der Waals surface area contributed by atoms with Crippen LogP contribution in [0.25, 0.3) is 0 Å². The predicted molar refractivity (Wildman–Crippen MR) is 136 cm³/mol. The zero-order chi connectivity index (χ0) is 25.5. The van der Waals surface area contributed by atoms with Crippen LogP contribution < -0.4 is 4.90 Å². The van der Waals surface area contributed by atoms with Gasteiger partial charge in [-0.1, -0.05) is 22.5 Å². The van der Waals surface area contributed by atoms with Crippen molar-refractivity contribution in [1.82, 2.24) is 0 Å². The highest BCUT2D eigenvalue weighted by molar-refractivity contribution is 9.10. The van der Waals surface area contributed by atoms with Gasteiger partial charge in [0.15, 0.2) is 5.78 Å². The number of rotatable bonds is 17. The number of hydrogen-bond donors (Lipinski definition) is 1. The fraction of sp³-hybridized carbons (Fsp3) is 0.346. The third-order valence-electron chi connectivity index (χ3n) is 4.82. The summed E-state index contributed by atoms with van der Waals surface area (Å²) in [5.41, 5.74) is 1.91. The molecule has 0 aliphatic carbocycles. The summed E-state index contributed by atoms with van der Waals surface area (Å²) in [5, 5.41) is 8.49. The first-order chi connectivity index (χ1) is 16.9. The number of halogens is 1. The quantitative estimate of drug-likeness (QED) is 0.172. The molecule has 1 amide bonds. The van der Waals surface area contributed by atoms with Crippen molar-refractivity contribution in [3.05, 3.63) is 71.2 Å². The van der Waals surface area contributed by atoms with Gasteiger partial charge in [-0.2, -0.15) is 0 Å². The summed E-state index contributed by atoms with van der Waals surface area (Å²) in [6, 6.07) is 14.3. The second-order valence-corrected chi connectivity index (χ2v) is 8.32.